The van der Waals surface area contributed by atoms with Gasteiger partial charge < -0.3 is 5.32 Å². The fourth-order valence-electron chi connectivity index (χ4n) is 3.14. The van der Waals surface area contributed by atoms with Gasteiger partial charge in [-0.3, -0.25) is 4.79 Å². The molecule has 0 unspecified atom stereocenters. The van der Waals surface area contributed by atoms with Crippen molar-refractivity contribution in [2.24, 2.45) is 0 Å². The van der Waals surface area contributed by atoms with E-state index >= 15 is 0 Å². The first-order chi connectivity index (χ1) is 12.8. The molecule has 1 aliphatic heterocycles. The van der Waals surface area contributed by atoms with Crippen LogP contribution in [-0.2, 0) is 14.8 Å². The van der Waals surface area contributed by atoms with Gasteiger partial charge in [0.05, 0.1) is 4.90 Å². The Morgan fingerprint density at radius 2 is 1.89 bits per heavy atom. The quantitative estimate of drug-likeness (QED) is 0.829. The van der Waals surface area contributed by atoms with Crippen LogP contribution >= 0.6 is 11.6 Å². The van der Waals surface area contributed by atoms with Gasteiger partial charge in [0.25, 0.3) is 0 Å². The van der Waals surface area contributed by atoms with Crippen LogP contribution in [-0.4, -0.2) is 31.2 Å². The van der Waals surface area contributed by atoms with Crippen molar-refractivity contribution in [3.63, 3.8) is 0 Å². The van der Waals surface area contributed by atoms with E-state index in [1.807, 2.05) is 6.92 Å². The van der Waals surface area contributed by atoms with Gasteiger partial charge >= 0.3 is 0 Å². The number of anilines is 1. The Morgan fingerprint density at radius 1 is 1.19 bits per heavy atom. The Balaban J connectivity index is 1.87. The van der Waals surface area contributed by atoms with Crippen molar-refractivity contribution in [1.29, 1.82) is 0 Å². The van der Waals surface area contributed by atoms with Crippen molar-refractivity contribution >= 4 is 33.2 Å². The number of piperidine rings is 1. The van der Waals surface area contributed by atoms with E-state index in [1.165, 1.54) is 16.4 Å². The SMILES string of the molecule is Cc1ccc(Cl)cc1NC(=O)[C@H]1CCCCN1S(=O)(=O)c1ccc(F)cc1. The molecular formula is C19H20ClFN2O3S. The van der Waals surface area contributed by atoms with Crippen LogP contribution in [0.1, 0.15) is 24.8 Å². The second-order valence-electron chi connectivity index (χ2n) is 6.53. The molecule has 1 saturated heterocycles. The Bertz CT molecular complexity index is 948. The molecule has 0 aliphatic carbocycles. The van der Waals surface area contributed by atoms with Crippen molar-refractivity contribution in [2.75, 3.05) is 11.9 Å². The molecule has 1 N–H and O–H groups in total. The Labute approximate surface area is 163 Å². The van der Waals surface area contributed by atoms with Crippen LogP contribution in [0.15, 0.2) is 47.4 Å². The summed E-state index contributed by atoms with van der Waals surface area (Å²) in [4.78, 5) is 12.8. The van der Waals surface area contributed by atoms with E-state index in [-0.39, 0.29) is 11.4 Å². The average Bonchev–Trinajstić information content (AvgIpc) is 2.65. The fourth-order valence-corrected chi connectivity index (χ4v) is 4.97. The molecule has 1 aliphatic rings. The Kier molecular flexibility index (Phi) is 5.83. The van der Waals surface area contributed by atoms with E-state index < -0.39 is 27.8 Å². The van der Waals surface area contributed by atoms with Gasteiger partial charge in [0.15, 0.2) is 0 Å². The van der Waals surface area contributed by atoms with Gasteiger partial charge in [0.2, 0.25) is 15.9 Å². The third-order valence-corrected chi connectivity index (χ3v) is 6.79. The number of sulfonamides is 1. The number of hydrogen-bond acceptors (Lipinski definition) is 3. The summed E-state index contributed by atoms with van der Waals surface area (Å²) in [6.07, 6.45) is 1.84. The maximum atomic E-state index is 13.2. The number of carbonyl (C=O) groups excluding carboxylic acids is 1. The van der Waals surface area contributed by atoms with E-state index in [1.54, 1.807) is 18.2 Å². The summed E-state index contributed by atoms with van der Waals surface area (Å²) in [6, 6.07) is 8.95. The van der Waals surface area contributed by atoms with Crippen molar-refractivity contribution in [2.45, 2.75) is 37.1 Å². The molecule has 0 radical (unpaired) electrons. The molecule has 8 heteroatoms. The standard InChI is InChI=1S/C19H20ClFN2O3S/c1-13-5-6-14(20)12-17(13)22-19(24)18-4-2-3-11-23(18)27(25,26)16-9-7-15(21)8-10-16/h5-10,12,18H,2-4,11H2,1H3,(H,22,24)/t18-/m1/s1. The number of benzene rings is 2. The van der Waals surface area contributed by atoms with E-state index in [2.05, 4.69) is 5.32 Å². The van der Waals surface area contributed by atoms with Crippen LogP contribution in [0.5, 0.6) is 0 Å². The van der Waals surface area contributed by atoms with Crippen LogP contribution in [0.25, 0.3) is 0 Å². The third-order valence-electron chi connectivity index (χ3n) is 4.63. The molecule has 0 aromatic heterocycles. The highest BCUT2D eigenvalue weighted by molar-refractivity contribution is 7.89. The summed E-state index contributed by atoms with van der Waals surface area (Å²) in [5.74, 6) is -0.913. The first kappa shape index (κ1) is 19.8. The second kappa shape index (κ2) is 7.96. The van der Waals surface area contributed by atoms with Crippen molar-refractivity contribution in [1.82, 2.24) is 4.31 Å². The molecule has 0 spiro atoms. The van der Waals surface area contributed by atoms with Gasteiger partial charge in [-0.1, -0.05) is 24.1 Å². The maximum Gasteiger partial charge on any atom is 0.243 e. The number of aryl methyl sites for hydroxylation is 1. The normalized spacial score (nSPS) is 18.3. The Morgan fingerprint density at radius 3 is 2.59 bits per heavy atom. The first-order valence-electron chi connectivity index (χ1n) is 8.63. The minimum Gasteiger partial charge on any atom is -0.324 e. The van der Waals surface area contributed by atoms with Gasteiger partial charge in [0.1, 0.15) is 11.9 Å². The predicted octanol–water partition coefficient (Wildman–Crippen LogP) is 3.97. The molecule has 1 heterocycles. The van der Waals surface area contributed by atoms with Gasteiger partial charge in [-0.15, -0.1) is 0 Å². The largest absolute Gasteiger partial charge is 0.324 e. The molecule has 2 aromatic carbocycles. The van der Waals surface area contributed by atoms with Gasteiger partial charge in [-0.25, -0.2) is 12.8 Å². The van der Waals surface area contributed by atoms with Crippen molar-refractivity contribution < 1.29 is 17.6 Å². The molecule has 0 saturated carbocycles. The van der Waals surface area contributed by atoms with Crippen LogP contribution in [0.4, 0.5) is 10.1 Å². The third kappa shape index (κ3) is 4.31. The number of rotatable bonds is 4. The Hall–Kier alpha value is -1.96. The fraction of sp³-hybridized carbons (Fsp3) is 0.316. The highest BCUT2D eigenvalue weighted by Crippen LogP contribution is 2.27. The van der Waals surface area contributed by atoms with Crippen LogP contribution in [0, 0.1) is 12.7 Å². The summed E-state index contributed by atoms with van der Waals surface area (Å²) < 4.78 is 40.3. The lowest BCUT2D eigenvalue weighted by Crippen LogP contribution is -2.49. The number of nitrogens with one attached hydrogen (secondary N) is 1. The number of halogens is 2. The molecule has 2 aromatic rings. The number of carbonyl (C=O) groups is 1. The zero-order valence-corrected chi connectivity index (χ0v) is 16.4. The smallest absolute Gasteiger partial charge is 0.243 e. The lowest BCUT2D eigenvalue weighted by atomic mass is 10.0. The van der Waals surface area contributed by atoms with Gasteiger partial charge in [-0.05, 0) is 61.7 Å². The van der Waals surface area contributed by atoms with E-state index in [9.17, 15) is 17.6 Å². The minimum absolute atomic E-state index is 0.0254. The predicted molar refractivity (Wildman–Crippen MR) is 103 cm³/mol. The lowest BCUT2D eigenvalue weighted by molar-refractivity contribution is -0.120. The topological polar surface area (TPSA) is 66.5 Å². The van der Waals surface area contributed by atoms with E-state index in [0.717, 1.165) is 24.1 Å². The first-order valence-corrected chi connectivity index (χ1v) is 10.5. The number of hydrogen-bond donors (Lipinski definition) is 1. The van der Waals surface area contributed by atoms with Gasteiger partial charge in [0, 0.05) is 17.3 Å². The molecule has 0 bridgehead atoms. The maximum absolute atomic E-state index is 13.2. The highest BCUT2D eigenvalue weighted by atomic mass is 35.5. The summed E-state index contributed by atoms with van der Waals surface area (Å²) in [5, 5.41) is 3.28. The van der Waals surface area contributed by atoms with E-state index in [0.29, 0.717) is 23.6 Å². The molecule has 27 heavy (non-hydrogen) atoms. The zero-order valence-electron chi connectivity index (χ0n) is 14.8. The van der Waals surface area contributed by atoms with Crippen LogP contribution < -0.4 is 5.32 Å². The summed E-state index contributed by atoms with van der Waals surface area (Å²) in [5.41, 5.74) is 1.38. The van der Waals surface area contributed by atoms with Crippen molar-refractivity contribution in [3.05, 3.63) is 58.9 Å². The monoisotopic (exact) mass is 410 g/mol. The molecule has 1 atom stereocenters. The molecule has 1 fully saturated rings. The molecule has 3 rings (SSSR count). The minimum atomic E-state index is -3.90. The number of amides is 1. The zero-order chi connectivity index (χ0) is 19.6. The lowest BCUT2D eigenvalue weighted by Gasteiger charge is -2.33. The average molecular weight is 411 g/mol. The summed E-state index contributed by atoms with van der Waals surface area (Å²) in [7, 11) is -3.90. The van der Waals surface area contributed by atoms with E-state index in [4.69, 9.17) is 11.6 Å². The summed E-state index contributed by atoms with van der Waals surface area (Å²) >= 11 is 5.99. The molecule has 144 valence electrons. The van der Waals surface area contributed by atoms with Crippen molar-refractivity contribution in [3.8, 4) is 0 Å². The van der Waals surface area contributed by atoms with Crippen LogP contribution in [0.2, 0.25) is 5.02 Å². The van der Waals surface area contributed by atoms with Crippen LogP contribution in [0.3, 0.4) is 0 Å². The summed E-state index contributed by atoms with van der Waals surface area (Å²) in [6.45, 7) is 2.08. The van der Waals surface area contributed by atoms with Gasteiger partial charge in [-0.2, -0.15) is 4.31 Å². The number of nitrogens with zero attached hydrogens (tertiary/aromatic N) is 1. The molecule has 1 amide bonds. The molecule has 5 nitrogen and oxygen atoms in total. The second-order valence-corrected chi connectivity index (χ2v) is 8.86. The highest BCUT2D eigenvalue weighted by Gasteiger charge is 2.37. The molecular weight excluding hydrogens is 391 g/mol.